The molecule has 4 nitrogen and oxygen atoms in total. The second-order valence-corrected chi connectivity index (χ2v) is 5.10. The first-order chi connectivity index (χ1) is 7.72. The molecule has 0 aromatic carbocycles. The van der Waals surface area contributed by atoms with Crippen LogP contribution in [0.2, 0.25) is 0 Å². The highest BCUT2D eigenvalue weighted by atomic mass is 16.4. The van der Waals surface area contributed by atoms with E-state index in [2.05, 4.69) is 4.90 Å². The number of hydrogen-bond acceptors (Lipinski definition) is 3. The predicted molar refractivity (Wildman–Crippen MR) is 60.1 cm³/mol. The molecule has 3 atom stereocenters. The van der Waals surface area contributed by atoms with Crippen LogP contribution in [-0.2, 0) is 4.79 Å². The zero-order valence-electron chi connectivity index (χ0n) is 9.64. The number of carboxylic acid groups (broad SMARTS) is 1. The van der Waals surface area contributed by atoms with E-state index in [1.54, 1.807) is 0 Å². The van der Waals surface area contributed by atoms with E-state index in [4.69, 9.17) is 10.2 Å². The van der Waals surface area contributed by atoms with Crippen molar-refractivity contribution in [1.82, 2.24) is 4.90 Å². The molecule has 16 heavy (non-hydrogen) atoms. The van der Waals surface area contributed by atoms with Gasteiger partial charge in [-0.3, -0.25) is 9.69 Å². The predicted octanol–water partition coefficient (Wildman–Crippen LogP) is 0.944. The van der Waals surface area contributed by atoms with Crippen molar-refractivity contribution < 1.29 is 15.0 Å². The molecule has 2 N–H and O–H groups in total. The number of carboxylic acids is 1. The van der Waals surface area contributed by atoms with Gasteiger partial charge in [0.05, 0.1) is 5.92 Å². The fourth-order valence-electron chi connectivity index (χ4n) is 3.02. The fraction of sp³-hybridized carbons (Fsp3) is 0.917. The highest BCUT2D eigenvalue weighted by molar-refractivity contribution is 5.72. The van der Waals surface area contributed by atoms with E-state index in [0.29, 0.717) is 5.92 Å². The first-order valence-electron chi connectivity index (χ1n) is 6.30. The lowest BCUT2D eigenvalue weighted by Crippen LogP contribution is -2.53. The molecule has 1 saturated heterocycles. The van der Waals surface area contributed by atoms with Gasteiger partial charge in [0.2, 0.25) is 0 Å². The van der Waals surface area contributed by atoms with Crippen LogP contribution in [-0.4, -0.2) is 46.8 Å². The summed E-state index contributed by atoms with van der Waals surface area (Å²) in [5.41, 5.74) is 0. The lowest BCUT2D eigenvalue weighted by molar-refractivity contribution is -0.149. The molecule has 0 spiro atoms. The molecule has 1 aliphatic carbocycles. The van der Waals surface area contributed by atoms with E-state index in [9.17, 15) is 4.79 Å². The van der Waals surface area contributed by atoms with E-state index >= 15 is 0 Å². The first kappa shape index (κ1) is 11.9. The Morgan fingerprint density at radius 3 is 2.69 bits per heavy atom. The van der Waals surface area contributed by atoms with Gasteiger partial charge in [-0.05, 0) is 44.6 Å². The first-order valence-corrected chi connectivity index (χ1v) is 6.30. The third-order valence-corrected chi connectivity index (χ3v) is 4.11. The summed E-state index contributed by atoms with van der Waals surface area (Å²) in [6.45, 7) is 2.27. The standard InChI is InChI=1S/C12H21NO3/c14-7-5-9-2-1-6-13(8-9)11-4-3-10(11)12(15)16/h9-11,14H,1-8H2,(H,15,16). The number of aliphatic carboxylic acids is 1. The molecule has 1 heterocycles. The highest BCUT2D eigenvalue weighted by Crippen LogP contribution is 2.35. The summed E-state index contributed by atoms with van der Waals surface area (Å²) in [6.07, 6.45) is 5.06. The highest BCUT2D eigenvalue weighted by Gasteiger charge is 2.41. The van der Waals surface area contributed by atoms with Gasteiger partial charge in [0.25, 0.3) is 0 Å². The average Bonchev–Trinajstić information content (AvgIpc) is 2.16. The fourth-order valence-corrected chi connectivity index (χ4v) is 3.02. The van der Waals surface area contributed by atoms with Crippen LogP contribution in [0.5, 0.6) is 0 Å². The van der Waals surface area contributed by atoms with Crippen LogP contribution in [0.3, 0.4) is 0 Å². The summed E-state index contributed by atoms with van der Waals surface area (Å²) >= 11 is 0. The molecule has 3 unspecified atom stereocenters. The van der Waals surface area contributed by atoms with Crippen molar-refractivity contribution in [1.29, 1.82) is 0 Å². The Morgan fingerprint density at radius 1 is 1.31 bits per heavy atom. The lowest BCUT2D eigenvalue weighted by atomic mass is 9.77. The molecule has 1 aliphatic heterocycles. The van der Waals surface area contributed by atoms with Crippen molar-refractivity contribution in [2.45, 2.75) is 38.1 Å². The molecule has 4 heteroatoms. The molecule has 0 bridgehead atoms. The second kappa shape index (κ2) is 5.15. The van der Waals surface area contributed by atoms with Crippen LogP contribution in [0.15, 0.2) is 0 Å². The molecule has 92 valence electrons. The third-order valence-electron chi connectivity index (χ3n) is 4.11. The Balaban J connectivity index is 1.87. The summed E-state index contributed by atoms with van der Waals surface area (Å²) in [5.74, 6) is -0.220. The van der Waals surface area contributed by atoms with Gasteiger partial charge >= 0.3 is 5.97 Å². The summed E-state index contributed by atoms with van der Waals surface area (Å²) in [6, 6.07) is 0.263. The molecule has 0 aromatic heterocycles. The maximum Gasteiger partial charge on any atom is 0.308 e. The van der Waals surface area contributed by atoms with Crippen molar-refractivity contribution in [3.8, 4) is 0 Å². The maximum atomic E-state index is 11.0. The van der Waals surface area contributed by atoms with E-state index < -0.39 is 5.97 Å². The normalized spacial score (nSPS) is 35.7. The Morgan fingerprint density at radius 2 is 2.12 bits per heavy atom. The van der Waals surface area contributed by atoms with E-state index in [1.807, 2.05) is 0 Å². The molecule has 0 amide bonds. The molecule has 2 aliphatic rings. The number of nitrogens with zero attached hydrogens (tertiary/aromatic N) is 1. The van der Waals surface area contributed by atoms with Gasteiger partial charge < -0.3 is 10.2 Å². The van der Waals surface area contributed by atoms with Crippen molar-refractivity contribution >= 4 is 5.97 Å². The van der Waals surface area contributed by atoms with Gasteiger partial charge in [0, 0.05) is 19.2 Å². The number of piperidine rings is 1. The van der Waals surface area contributed by atoms with Crippen LogP contribution in [0.4, 0.5) is 0 Å². The van der Waals surface area contributed by atoms with Gasteiger partial charge in [0.1, 0.15) is 0 Å². The zero-order valence-corrected chi connectivity index (χ0v) is 9.64. The van der Waals surface area contributed by atoms with Crippen LogP contribution < -0.4 is 0 Å². The molecule has 0 radical (unpaired) electrons. The van der Waals surface area contributed by atoms with Crippen molar-refractivity contribution in [3.05, 3.63) is 0 Å². The Labute approximate surface area is 96.3 Å². The maximum absolute atomic E-state index is 11.0. The average molecular weight is 227 g/mol. The van der Waals surface area contributed by atoms with Crippen LogP contribution >= 0.6 is 0 Å². The Bertz CT molecular complexity index is 255. The largest absolute Gasteiger partial charge is 0.481 e. The molecule has 0 aromatic rings. The number of aliphatic hydroxyl groups is 1. The molecular formula is C12H21NO3. The van der Waals surface area contributed by atoms with E-state index in [-0.39, 0.29) is 18.6 Å². The van der Waals surface area contributed by atoms with Gasteiger partial charge in [-0.15, -0.1) is 0 Å². The third kappa shape index (κ3) is 2.38. The van der Waals surface area contributed by atoms with Gasteiger partial charge in [-0.1, -0.05) is 0 Å². The SMILES string of the molecule is O=C(O)C1CCC1N1CCCC(CCO)C1. The van der Waals surface area contributed by atoms with Gasteiger partial charge in [-0.2, -0.15) is 0 Å². The zero-order chi connectivity index (χ0) is 11.5. The summed E-state index contributed by atoms with van der Waals surface area (Å²) < 4.78 is 0. The van der Waals surface area contributed by atoms with Gasteiger partial charge in [0.15, 0.2) is 0 Å². The molecular weight excluding hydrogens is 206 g/mol. The number of carbonyl (C=O) groups is 1. The Kier molecular flexibility index (Phi) is 3.82. The minimum absolute atomic E-state index is 0.145. The quantitative estimate of drug-likeness (QED) is 0.750. The Hall–Kier alpha value is -0.610. The number of rotatable bonds is 4. The van der Waals surface area contributed by atoms with Crippen molar-refractivity contribution in [2.24, 2.45) is 11.8 Å². The summed E-state index contributed by atoms with van der Waals surface area (Å²) in [4.78, 5) is 13.3. The summed E-state index contributed by atoms with van der Waals surface area (Å²) in [7, 11) is 0. The number of likely N-dealkylation sites (tertiary alicyclic amines) is 1. The van der Waals surface area contributed by atoms with Crippen molar-refractivity contribution in [3.63, 3.8) is 0 Å². The smallest absolute Gasteiger partial charge is 0.308 e. The number of hydrogen-bond donors (Lipinski definition) is 2. The lowest BCUT2D eigenvalue weighted by Gasteiger charge is -2.45. The second-order valence-electron chi connectivity index (χ2n) is 5.10. The summed E-state index contributed by atoms with van der Waals surface area (Å²) in [5, 5.41) is 18.0. The molecule has 1 saturated carbocycles. The van der Waals surface area contributed by atoms with E-state index in [1.165, 1.54) is 6.42 Å². The number of aliphatic hydroxyl groups excluding tert-OH is 1. The minimum Gasteiger partial charge on any atom is -0.481 e. The van der Waals surface area contributed by atoms with Crippen LogP contribution in [0.25, 0.3) is 0 Å². The van der Waals surface area contributed by atoms with Crippen molar-refractivity contribution in [2.75, 3.05) is 19.7 Å². The minimum atomic E-state index is -0.638. The molecule has 2 fully saturated rings. The van der Waals surface area contributed by atoms with Crippen LogP contribution in [0, 0.1) is 11.8 Å². The van der Waals surface area contributed by atoms with E-state index in [0.717, 1.165) is 38.8 Å². The van der Waals surface area contributed by atoms with Gasteiger partial charge in [-0.25, -0.2) is 0 Å². The monoisotopic (exact) mass is 227 g/mol. The molecule has 2 rings (SSSR count). The van der Waals surface area contributed by atoms with Crippen LogP contribution in [0.1, 0.15) is 32.1 Å². The topological polar surface area (TPSA) is 60.8 Å².